The van der Waals surface area contributed by atoms with Gasteiger partial charge in [-0.1, -0.05) is 6.07 Å². The molecule has 1 atom stereocenters. The van der Waals surface area contributed by atoms with Crippen molar-refractivity contribution in [3.8, 4) is 0 Å². The zero-order valence-electron chi connectivity index (χ0n) is 12.8. The first-order chi connectivity index (χ1) is 10.9. The molecule has 0 bridgehead atoms. The zero-order chi connectivity index (χ0) is 16.4. The van der Waals surface area contributed by atoms with Gasteiger partial charge in [0, 0.05) is 17.8 Å². The molecule has 23 heavy (non-hydrogen) atoms. The van der Waals surface area contributed by atoms with Gasteiger partial charge in [-0.15, -0.1) is 0 Å². The Morgan fingerprint density at radius 2 is 1.91 bits per heavy atom. The van der Waals surface area contributed by atoms with E-state index in [4.69, 9.17) is 0 Å². The number of fused-ring (bicyclic) bond motifs is 1. The van der Waals surface area contributed by atoms with E-state index in [0.29, 0.717) is 16.7 Å². The standard InChI is InChI=1S/C16H16N4O2S/c1-11(14-5-3-4-8-17-14)20-16-13-9-12(23(2,21)22)6-7-15(13)18-10-19-16/h3-11H,1-2H3,(H,18,19,20). The first-order valence-electron chi connectivity index (χ1n) is 7.07. The first kappa shape index (κ1) is 15.4. The van der Waals surface area contributed by atoms with E-state index in [-0.39, 0.29) is 10.9 Å². The number of anilines is 1. The van der Waals surface area contributed by atoms with E-state index in [0.717, 1.165) is 5.69 Å². The predicted molar refractivity (Wildman–Crippen MR) is 88.9 cm³/mol. The molecule has 7 heteroatoms. The summed E-state index contributed by atoms with van der Waals surface area (Å²) >= 11 is 0. The number of pyridine rings is 1. The van der Waals surface area contributed by atoms with Gasteiger partial charge in [0.2, 0.25) is 0 Å². The number of nitrogens with zero attached hydrogens (tertiary/aromatic N) is 3. The van der Waals surface area contributed by atoms with Gasteiger partial charge in [-0.05, 0) is 37.3 Å². The zero-order valence-corrected chi connectivity index (χ0v) is 13.6. The van der Waals surface area contributed by atoms with Crippen molar-refractivity contribution in [1.29, 1.82) is 0 Å². The van der Waals surface area contributed by atoms with Crippen LogP contribution in [0.15, 0.2) is 53.8 Å². The molecule has 2 aromatic heterocycles. The molecule has 0 spiro atoms. The van der Waals surface area contributed by atoms with Gasteiger partial charge >= 0.3 is 0 Å². The second kappa shape index (κ2) is 5.92. The fraction of sp³-hybridized carbons (Fsp3) is 0.188. The molecule has 2 heterocycles. The number of nitrogens with one attached hydrogen (secondary N) is 1. The van der Waals surface area contributed by atoms with E-state index in [1.165, 1.54) is 12.6 Å². The third-order valence-electron chi connectivity index (χ3n) is 3.52. The Morgan fingerprint density at radius 3 is 2.61 bits per heavy atom. The third-order valence-corrected chi connectivity index (χ3v) is 4.63. The molecule has 118 valence electrons. The Kier molecular flexibility index (Phi) is 3.96. The molecular weight excluding hydrogens is 312 g/mol. The van der Waals surface area contributed by atoms with E-state index in [9.17, 15) is 8.42 Å². The number of benzene rings is 1. The Labute approximate surface area is 134 Å². The van der Waals surface area contributed by atoms with Gasteiger partial charge in [-0.25, -0.2) is 18.4 Å². The third kappa shape index (κ3) is 3.29. The maximum atomic E-state index is 11.8. The van der Waals surface area contributed by atoms with Crippen molar-refractivity contribution in [2.24, 2.45) is 0 Å². The highest BCUT2D eigenvalue weighted by Gasteiger charge is 2.13. The second-order valence-electron chi connectivity index (χ2n) is 5.29. The van der Waals surface area contributed by atoms with Gasteiger partial charge in [-0.2, -0.15) is 0 Å². The van der Waals surface area contributed by atoms with Gasteiger partial charge in [-0.3, -0.25) is 4.98 Å². The lowest BCUT2D eigenvalue weighted by atomic mass is 10.2. The minimum atomic E-state index is -3.29. The largest absolute Gasteiger partial charge is 0.361 e. The Bertz CT molecular complexity index is 943. The quantitative estimate of drug-likeness (QED) is 0.792. The smallest absolute Gasteiger partial charge is 0.175 e. The van der Waals surface area contributed by atoms with Crippen molar-refractivity contribution < 1.29 is 8.42 Å². The lowest BCUT2D eigenvalue weighted by Gasteiger charge is -2.15. The maximum absolute atomic E-state index is 11.8. The number of aromatic nitrogens is 3. The highest BCUT2D eigenvalue weighted by atomic mass is 32.2. The van der Waals surface area contributed by atoms with Crippen molar-refractivity contribution in [1.82, 2.24) is 15.0 Å². The van der Waals surface area contributed by atoms with Crippen LogP contribution in [0.2, 0.25) is 0 Å². The van der Waals surface area contributed by atoms with Crippen molar-refractivity contribution in [3.63, 3.8) is 0 Å². The highest BCUT2D eigenvalue weighted by Crippen LogP contribution is 2.25. The van der Waals surface area contributed by atoms with Crippen LogP contribution in [0.4, 0.5) is 5.82 Å². The van der Waals surface area contributed by atoms with Crippen molar-refractivity contribution >= 4 is 26.6 Å². The molecule has 6 nitrogen and oxygen atoms in total. The van der Waals surface area contributed by atoms with Crippen LogP contribution in [0.5, 0.6) is 0 Å². The van der Waals surface area contributed by atoms with E-state index in [1.807, 2.05) is 25.1 Å². The molecule has 1 N–H and O–H groups in total. The maximum Gasteiger partial charge on any atom is 0.175 e. The first-order valence-corrected chi connectivity index (χ1v) is 8.96. The van der Waals surface area contributed by atoms with Gasteiger partial charge in [0.15, 0.2) is 9.84 Å². The lowest BCUT2D eigenvalue weighted by Crippen LogP contribution is -2.10. The van der Waals surface area contributed by atoms with Crippen LogP contribution in [0.25, 0.3) is 10.9 Å². The van der Waals surface area contributed by atoms with Crippen LogP contribution in [0.1, 0.15) is 18.7 Å². The highest BCUT2D eigenvalue weighted by molar-refractivity contribution is 7.90. The van der Waals surface area contributed by atoms with Gasteiger partial charge in [0.1, 0.15) is 12.1 Å². The predicted octanol–water partition coefficient (Wildman–Crippen LogP) is 2.60. The number of sulfone groups is 1. The molecule has 3 aromatic rings. The number of rotatable bonds is 4. The summed E-state index contributed by atoms with van der Waals surface area (Å²) in [6, 6.07) is 10.5. The topological polar surface area (TPSA) is 84.8 Å². The minimum Gasteiger partial charge on any atom is -0.361 e. The van der Waals surface area contributed by atoms with Crippen molar-refractivity contribution in [2.45, 2.75) is 17.9 Å². The van der Waals surface area contributed by atoms with Crippen molar-refractivity contribution in [3.05, 3.63) is 54.6 Å². The monoisotopic (exact) mass is 328 g/mol. The van der Waals surface area contributed by atoms with Crippen LogP contribution >= 0.6 is 0 Å². The molecule has 0 aliphatic heterocycles. The summed E-state index contributed by atoms with van der Waals surface area (Å²) in [7, 11) is -3.29. The summed E-state index contributed by atoms with van der Waals surface area (Å²) in [6.07, 6.45) is 4.37. The average molecular weight is 328 g/mol. The van der Waals surface area contributed by atoms with Crippen LogP contribution in [0, 0.1) is 0 Å². The molecule has 0 aliphatic rings. The summed E-state index contributed by atoms with van der Waals surface area (Å²) in [5.74, 6) is 0.582. The van der Waals surface area contributed by atoms with Crippen LogP contribution < -0.4 is 5.32 Å². The molecule has 0 saturated heterocycles. The van der Waals surface area contributed by atoms with E-state index in [1.54, 1.807) is 24.4 Å². The number of hydrogen-bond donors (Lipinski definition) is 1. The lowest BCUT2D eigenvalue weighted by molar-refractivity contribution is 0.602. The Morgan fingerprint density at radius 1 is 1.09 bits per heavy atom. The van der Waals surface area contributed by atoms with Crippen LogP contribution in [-0.2, 0) is 9.84 Å². The molecular formula is C16H16N4O2S. The molecule has 3 rings (SSSR count). The summed E-state index contributed by atoms with van der Waals surface area (Å²) in [5.41, 5.74) is 1.56. The summed E-state index contributed by atoms with van der Waals surface area (Å²) in [4.78, 5) is 13.0. The summed E-state index contributed by atoms with van der Waals surface area (Å²) < 4.78 is 23.5. The van der Waals surface area contributed by atoms with Crippen molar-refractivity contribution in [2.75, 3.05) is 11.6 Å². The van der Waals surface area contributed by atoms with E-state index in [2.05, 4.69) is 20.3 Å². The van der Waals surface area contributed by atoms with Gasteiger partial charge in [0.25, 0.3) is 0 Å². The Hall–Kier alpha value is -2.54. The fourth-order valence-electron chi connectivity index (χ4n) is 2.29. The van der Waals surface area contributed by atoms with Gasteiger partial charge < -0.3 is 5.32 Å². The number of hydrogen-bond acceptors (Lipinski definition) is 6. The van der Waals surface area contributed by atoms with Gasteiger partial charge in [0.05, 0.1) is 22.1 Å². The molecule has 0 aliphatic carbocycles. The molecule has 0 fully saturated rings. The Balaban J connectivity index is 2.03. The summed E-state index contributed by atoms with van der Waals surface area (Å²) in [5, 5.41) is 3.94. The SMILES string of the molecule is CC(Nc1ncnc2ccc(S(C)(=O)=O)cc12)c1ccccn1. The normalized spacial score (nSPS) is 13.0. The van der Waals surface area contributed by atoms with Crippen LogP contribution in [-0.4, -0.2) is 29.6 Å². The minimum absolute atomic E-state index is 0.0730. The molecule has 0 saturated carbocycles. The molecule has 1 aromatic carbocycles. The van der Waals surface area contributed by atoms with Crippen LogP contribution in [0.3, 0.4) is 0 Å². The average Bonchev–Trinajstić information content (AvgIpc) is 2.54. The molecule has 0 amide bonds. The molecule has 1 unspecified atom stereocenters. The van der Waals surface area contributed by atoms with E-state index < -0.39 is 9.84 Å². The second-order valence-corrected chi connectivity index (χ2v) is 7.31. The summed E-state index contributed by atoms with van der Waals surface area (Å²) in [6.45, 7) is 1.97. The fourth-order valence-corrected chi connectivity index (χ4v) is 2.94. The molecule has 0 radical (unpaired) electrons. The van der Waals surface area contributed by atoms with E-state index >= 15 is 0 Å².